The number of ether oxygens (including phenoxy) is 1. The van der Waals surface area contributed by atoms with E-state index in [1.165, 1.54) is 7.11 Å². The van der Waals surface area contributed by atoms with E-state index in [9.17, 15) is 4.79 Å². The van der Waals surface area contributed by atoms with Gasteiger partial charge in [0.05, 0.1) is 13.7 Å². The van der Waals surface area contributed by atoms with Crippen molar-refractivity contribution < 1.29 is 13.9 Å². The highest BCUT2D eigenvalue weighted by Gasteiger charge is 2.10. The van der Waals surface area contributed by atoms with E-state index >= 15 is 0 Å². The van der Waals surface area contributed by atoms with E-state index in [2.05, 4.69) is 23.9 Å². The van der Waals surface area contributed by atoms with Gasteiger partial charge in [-0.3, -0.25) is 0 Å². The Morgan fingerprint density at radius 3 is 2.81 bits per heavy atom. The molecule has 1 aromatic rings. The summed E-state index contributed by atoms with van der Waals surface area (Å²) in [6.07, 6.45) is 1.06. The van der Waals surface area contributed by atoms with Crippen LogP contribution in [0.2, 0.25) is 0 Å². The lowest BCUT2D eigenvalue weighted by atomic mass is 10.2. The molecule has 5 heteroatoms. The normalized spacial score (nSPS) is 11.7. The third kappa shape index (κ3) is 4.24. The lowest BCUT2D eigenvalue weighted by Gasteiger charge is -2.08. The van der Waals surface area contributed by atoms with Gasteiger partial charge in [0.1, 0.15) is 5.76 Å². The number of nitrogens with one attached hydrogen (secondary N) is 1. The molecule has 0 aliphatic rings. The van der Waals surface area contributed by atoms with Gasteiger partial charge in [-0.05, 0) is 25.5 Å². The maximum Gasteiger partial charge on any atom is 0.373 e. The lowest BCUT2D eigenvalue weighted by molar-refractivity contribution is 0.0563. The highest BCUT2D eigenvalue weighted by atomic mass is 35.5. The number of hydrogen-bond acceptors (Lipinski definition) is 4. The van der Waals surface area contributed by atoms with Crippen LogP contribution in [0.3, 0.4) is 0 Å². The molecule has 0 spiro atoms. The third-order valence-electron chi connectivity index (χ3n) is 2.29. The second kappa shape index (κ2) is 7.30. The number of methoxy groups -OCH3 is 1. The van der Waals surface area contributed by atoms with Crippen molar-refractivity contribution in [3.8, 4) is 0 Å². The van der Waals surface area contributed by atoms with Crippen LogP contribution in [0.1, 0.15) is 36.6 Å². The molecule has 0 fully saturated rings. The molecule has 0 amide bonds. The Kier molecular flexibility index (Phi) is 6.85. The maximum absolute atomic E-state index is 11.1. The predicted octanol–water partition coefficient (Wildman–Crippen LogP) is 2.38. The predicted molar refractivity (Wildman–Crippen MR) is 63.9 cm³/mol. The molecular weight excluding hydrogens is 230 g/mol. The standard InChI is InChI=1S/C11H17NO3.ClH/c1-4-8(2)12-7-9-5-6-10(15-9)11(13)14-3;/h5-6,8,12H,4,7H2,1-3H3;1H. The number of rotatable bonds is 5. The Labute approximate surface area is 102 Å². The molecule has 1 heterocycles. The number of carbonyl (C=O) groups is 1. The van der Waals surface area contributed by atoms with Crippen molar-refractivity contribution in [3.63, 3.8) is 0 Å². The molecule has 16 heavy (non-hydrogen) atoms. The van der Waals surface area contributed by atoms with Crippen molar-refractivity contribution in [1.29, 1.82) is 0 Å². The summed E-state index contributed by atoms with van der Waals surface area (Å²) in [7, 11) is 1.34. The van der Waals surface area contributed by atoms with Crippen LogP contribution in [0.5, 0.6) is 0 Å². The van der Waals surface area contributed by atoms with Gasteiger partial charge in [-0.2, -0.15) is 0 Å². The van der Waals surface area contributed by atoms with Gasteiger partial charge >= 0.3 is 5.97 Å². The van der Waals surface area contributed by atoms with E-state index in [1.807, 2.05) is 0 Å². The molecule has 0 saturated heterocycles. The van der Waals surface area contributed by atoms with Crippen LogP contribution in [0.25, 0.3) is 0 Å². The summed E-state index contributed by atoms with van der Waals surface area (Å²) in [6.45, 7) is 4.84. The van der Waals surface area contributed by atoms with Crippen LogP contribution in [-0.4, -0.2) is 19.1 Å². The molecular formula is C11H18ClNO3. The molecule has 1 atom stereocenters. The van der Waals surface area contributed by atoms with Crippen molar-refractivity contribution in [3.05, 3.63) is 23.7 Å². The zero-order valence-corrected chi connectivity index (χ0v) is 10.6. The fraction of sp³-hybridized carbons (Fsp3) is 0.545. The van der Waals surface area contributed by atoms with Gasteiger partial charge in [0.25, 0.3) is 0 Å². The Balaban J connectivity index is 0.00000225. The molecule has 92 valence electrons. The minimum absolute atomic E-state index is 0. The summed E-state index contributed by atoms with van der Waals surface area (Å²) in [5, 5.41) is 3.27. The molecule has 0 aromatic carbocycles. The fourth-order valence-corrected chi connectivity index (χ4v) is 1.10. The molecule has 1 aromatic heterocycles. The number of furan rings is 1. The Morgan fingerprint density at radius 2 is 2.25 bits per heavy atom. The van der Waals surface area contributed by atoms with Crippen molar-refractivity contribution in [2.75, 3.05) is 7.11 Å². The quantitative estimate of drug-likeness (QED) is 0.812. The maximum atomic E-state index is 11.1. The van der Waals surface area contributed by atoms with Crippen LogP contribution in [0.4, 0.5) is 0 Å². The van der Waals surface area contributed by atoms with Crippen molar-refractivity contribution >= 4 is 18.4 Å². The van der Waals surface area contributed by atoms with Gasteiger partial charge < -0.3 is 14.5 Å². The van der Waals surface area contributed by atoms with Gasteiger partial charge in [0.15, 0.2) is 0 Å². The van der Waals surface area contributed by atoms with Crippen LogP contribution in [-0.2, 0) is 11.3 Å². The molecule has 1 N–H and O–H groups in total. The van der Waals surface area contributed by atoms with Crippen LogP contribution < -0.4 is 5.32 Å². The van der Waals surface area contributed by atoms with Crippen molar-refractivity contribution in [1.82, 2.24) is 5.32 Å². The Bertz CT molecular complexity index is 325. The monoisotopic (exact) mass is 247 g/mol. The van der Waals surface area contributed by atoms with E-state index in [0.717, 1.165) is 12.2 Å². The highest BCUT2D eigenvalue weighted by molar-refractivity contribution is 5.86. The Hall–Kier alpha value is -1.00. The first-order chi connectivity index (χ1) is 7.17. The molecule has 0 bridgehead atoms. The third-order valence-corrected chi connectivity index (χ3v) is 2.29. The lowest BCUT2D eigenvalue weighted by Crippen LogP contribution is -2.24. The number of esters is 1. The minimum Gasteiger partial charge on any atom is -0.463 e. The van der Waals surface area contributed by atoms with Crippen LogP contribution >= 0.6 is 12.4 Å². The average Bonchev–Trinajstić information content (AvgIpc) is 2.73. The average molecular weight is 248 g/mol. The first-order valence-corrected chi connectivity index (χ1v) is 5.07. The summed E-state index contributed by atoms with van der Waals surface area (Å²) in [5.74, 6) is 0.555. The zero-order valence-electron chi connectivity index (χ0n) is 9.78. The van der Waals surface area contributed by atoms with Crippen LogP contribution in [0, 0.1) is 0 Å². The van der Waals surface area contributed by atoms with Gasteiger partial charge in [0.2, 0.25) is 5.76 Å². The van der Waals surface area contributed by atoms with Gasteiger partial charge in [0, 0.05) is 6.04 Å². The summed E-state index contributed by atoms with van der Waals surface area (Å²) in [6, 6.07) is 3.85. The molecule has 4 nitrogen and oxygen atoms in total. The van der Waals surface area contributed by atoms with E-state index in [4.69, 9.17) is 4.42 Å². The zero-order chi connectivity index (χ0) is 11.3. The highest BCUT2D eigenvalue weighted by Crippen LogP contribution is 2.09. The van der Waals surface area contributed by atoms with E-state index in [0.29, 0.717) is 12.6 Å². The molecule has 0 radical (unpaired) electrons. The summed E-state index contributed by atoms with van der Waals surface area (Å²) in [4.78, 5) is 11.1. The summed E-state index contributed by atoms with van der Waals surface area (Å²) >= 11 is 0. The Morgan fingerprint density at radius 1 is 1.56 bits per heavy atom. The first kappa shape index (κ1) is 15.0. The number of halogens is 1. The second-order valence-electron chi connectivity index (χ2n) is 3.45. The second-order valence-corrected chi connectivity index (χ2v) is 3.45. The summed E-state index contributed by atoms with van der Waals surface area (Å²) in [5.41, 5.74) is 0. The van der Waals surface area contributed by atoms with Crippen LogP contribution in [0.15, 0.2) is 16.5 Å². The first-order valence-electron chi connectivity index (χ1n) is 5.07. The van der Waals surface area contributed by atoms with Gasteiger partial charge in [-0.1, -0.05) is 6.92 Å². The number of carbonyl (C=O) groups excluding carboxylic acids is 1. The molecule has 1 unspecified atom stereocenters. The largest absolute Gasteiger partial charge is 0.463 e. The molecule has 0 saturated carbocycles. The van der Waals surface area contributed by atoms with E-state index < -0.39 is 5.97 Å². The van der Waals surface area contributed by atoms with Gasteiger partial charge in [-0.15, -0.1) is 12.4 Å². The molecule has 1 rings (SSSR count). The topological polar surface area (TPSA) is 51.5 Å². The van der Waals surface area contributed by atoms with Crippen molar-refractivity contribution in [2.24, 2.45) is 0 Å². The van der Waals surface area contributed by atoms with Crippen molar-refractivity contribution in [2.45, 2.75) is 32.9 Å². The minimum atomic E-state index is -0.440. The van der Waals surface area contributed by atoms with E-state index in [-0.39, 0.29) is 18.2 Å². The van der Waals surface area contributed by atoms with E-state index in [1.54, 1.807) is 12.1 Å². The van der Waals surface area contributed by atoms with Gasteiger partial charge in [-0.25, -0.2) is 4.79 Å². The SMILES string of the molecule is CCC(C)NCc1ccc(C(=O)OC)o1.Cl. The molecule has 0 aliphatic heterocycles. The summed E-state index contributed by atoms with van der Waals surface area (Å²) < 4.78 is 9.84. The molecule has 0 aliphatic carbocycles. The fourth-order valence-electron chi connectivity index (χ4n) is 1.10. The number of hydrogen-bond donors (Lipinski definition) is 1. The smallest absolute Gasteiger partial charge is 0.373 e.